The predicted molar refractivity (Wildman–Crippen MR) is 108 cm³/mol. The molecule has 156 valence electrons. The van der Waals surface area contributed by atoms with Crippen molar-refractivity contribution in [3.05, 3.63) is 35.7 Å². The zero-order valence-electron chi connectivity index (χ0n) is 17.1. The molecule has 2 radical (unpaired) electrons. The van der Waals surface area contributed by atoms with Crippen LogP contribution < -0.4 is 9.47 Å². The van der Waals surface area contributed by atoms with E-state index in [-0.39, 0.29) is 0 Å². The molecule has 0 aliphatic rings. The lowest BCUT2D eigenvalue weighted by molar-refractivity contribution is -0.132. The molecule has 0 amide bonds. The third-order valence-electron chi connectivity index (χ3n) is 3.96. The number of esters is 1. The van der Waals surface area contributed by atoms with Crippen molar-refractivity contribution in [1.82, 2.24) is 15.0 Å². The molecule has 0 atom stereocenters. The predicted octanol–water partition coefficient (Wildman–Crippen LogP) is 1.94. The number of ether oxygens (including phenoxy) is 4. The minimum atomic E-state index is -0.395. The Kier molecular flexibility index (Phi) is 10.2. The van der Waals surface area contributed by atoms with Gasteiger partial charge in [-0.1, -0.05) is 23.2 Å². The number of hydrogen-bond donors (Lipinski definition) is 0. The zero-order chi connectivity index (χ0) is 20.9. The van der Waals surface area contributed by atoms with Gasteiger partial charge in [0.1, 0.15) is 0 Å². The van der Waals surface area contributed by atoms with Gasteiger partial charge in [0.15, 0.2) is 11.5 Å². The summed E-state index contributed by atoms with van der Waals surface area (Å²) < 4.78 is 23.4. The lowest BCUT2D eigenvalue weighted by Gasteiger charge is -2.12. The summed E-state index contributed by atoms with van der Waals surface area (Å²) in [6.45, 7) is 6.85. The van der Waals surface area contributed by atoms with Gasteiger partial charge in [0, 0.05) is 19.7 Å². The Balaban J connectivity index is 1.72. The minimum Gasteiger partial charge on any atom is -0.490 e. The van der Waals surface area contributed by atoms with Gasteiger partial charge in [-0.05, 0) is 31.9 Å². The molecule has 8 nitrogen and oxygen atoms in total. The van der Waals surface area contributed by atoms with E-state index in [1.807, 2.05) is 19.2 Å². The van der Waals surface area contributed by atoms with E-state index in [2.05, 4.69) is 10.3 Å². The molecule has 2 aromatic rings. The fraction of sp³-hybridized carbons (Fsp3) is 0.550. The maximum absolute atomic E-state index is 11.2. The summed E-state index contributed by atoms with van der Waals surface area (Å²) in [4.78, 5) is 11.2. The number of carbonyl (C=O) groups is 1. The summed E-state index contributed by atoms with van der Waals surface area (Å²) in [5.41, 5.74) is 1.79. The van der Waals surface area contributed by atoms with Crippen LogP contribution in [0.5, 0.6) is 11.5 Å². The van der Waals surface area contributed by atoms with Gasteiger partial charge in [-0.15, -0.1) is 5.10 Å². The van der Waals surface area contributed by atoms with Crippen LogP contribution in [0.15, 0.2) is 24.4 Å². The first-order valence-corrected chi connectivity index (χ1v) is 9.81. The number of carbonyl (C=O) groups excluding carboxylic acids is 1. The quantitative estimate of drug-likeness (QED) is 0.207. The molecule has 0 aliphatic carbocycles. The highest BCUT2D eigenvalue weighted by Gasteiger charge is 2.09. The molecule has 0 saturated heterocycles. The SMILES string of the molecule is [B]Cc1ccc(OC(C)=O)c(OCCCc2cn(CCOCCOCC)nn2)c1. The van der Waals surface area contributed by atoms with E-state index in [1.54, 1.807) is 16.8 Å². The number of aryl methyl sites for hydroxylation is 1. The zero-order valence-corrected chi connectivity index (χ0v) is 17.1. The van der Waals surface area contributed by atoms with E-state index in [9.17, 15) is 4.79 Å². The number of nitrogens with zero attached hydrogens (tertiary/aromatic N) is 3. The maximum atomic E-state index is 11.2. The third-order valence-corrected chi connectivity index (χ3v) is 3.96. The number of aromatic nitrogens is 3. The standard InChI is InChI=1S/C20H28BN3O5/c1-3-26-11-12-27-10-8-24-15-18(22-23-24)5-4-9-28-20-13-17(14-21)6-7-19(20)29-16(2)25/h6-7,13,15H,3-5,8-12,14H2,1-2H3. The van der Waals surface area contributed by atoms with Gasteiger partial charge in [-0.25, -0.2) is 4.68 Å². The summed E-state index contributed by atoms with van der Waals surface area (Å²) in [5.74, 6) is 0.509. The first kappa shape index (κ1) is 22.9. The van der Waals surface area contributed by atoms with Crippen molar-refractivity contribution < 1.29 is 23.7 Å². The largest absolute Gasteiger partial charge is 0.490 e. The molecule has 0 fully saturated rings. The number of rotatable bonds is 14. The van der Waals surface area contributed by atoms with Crippen molar-refractivity contribution >= 4 is 13.8 Å². The molecule has 0 unspecified atom stereocenters. The Morgan fingerprint density at radius 2 is 1.97 bits per heavy atom. The van der Waals surface area contributed by atoms with Crippen molar-refractivity contribution in [2.24, 2.45) is 0 Å². The van der Waals surface area contributed by atoms with Crippen molar-refractivity contribution in [3.8, 4) is 11.5 Å². The van der Waals surface area contributed by atoms with Crippen LogP contribution in [0.1, 0.15) is 31.5 Å². The lowest BCUT2D eigenvalue weighted by atomic mass is 9.97. The van der Waals surface area contributed by atoms with Crippen molar-refractivity contribution in [2.75, 3.05) is 33.0 Å². The highest BCUT2D eigenvalue weighted by Crippen LogP contribution is 2.29. The molecule has 1 heterocycles. The van der Waals surface area contributed by atoms with Crippen LogP contribution in [0.4, 0.5) is 0 Å². The van der Waals surface area contributed by atoms with Gasteiger partial charge in [-0.3, -0.25) is 4.79 Å². The summed E-state index contributed by atoms with van der Waals surface area (Å²) in [7, 11) is 5.67. The Hall–Kier alpha value is -2.39. The molecule has 0 N–H and O–H groups in total. The topological polar surface area (TPSA) is 84.7 Å². The Morgan fingerprint density at radius 1 is 1.14 bits per heavy atom. The minimum absolute atomic E-state index is 0.384. The van der Waals surface area contributed by atoms with Crippen LogP contribution in [0.2, 0.25) is 0 Å². The second-order valence-electron chi connectivity index (χ2n) is 6.31. The fourth-order valence-electron chi connectivity index (χ4n) is 2.55. The maximum Gasteiger partial charge on any atom is 0.308 e. The fourth-order valence-corrected chi connectivity index (χ4v) is 2.55. The van der Waals surface area contributed by atoms with Gasteiger partial charge in [0.2, 0.25) is 0 Å². The van der Waals surface area contributed by atoms with Crippen LogP contribution >= 0.6 is 0 Å². The average Bonchev–Trinajstić information content (AvgIpc) is 3.16. The van der Waals surface area contributed by atoms with Crippen LogP contribution in [0, 0.1) is 0 Å². The molecule has 1 aromatic heterocycles. The number of hydrogen-bond acceptors (Lipinski definition) is 7. The molecule has 0 saturated carbocycles. The second kappa shape index (κ2) is 13.0. The molecule has 0 spiro atoms. The molecule has 0 aliphatic heterocycles. The van der Waals surface area contributed by atoms with E-state index in [4.69, 9.17) is 26.8 Å². The molecule has 9 heteroatoms. The van der Waals surface area contributed by atoms with Crippen LogP contribution in [0.3, 0.4) is 0 Å². The Morgan fingerprint density at radius 3 is 2.72 bits per heavy atom. The molecular weight excluding hydrogens is 373 g/mol. The first-order valence-electron chi connectivity index (χ1n) is 9.81. The smallest absolute Gasteiger partial charge is 0.308 e. The number of benzene rings is 1. The van der Waals surface area contributed by atoms with E-state index >= 15 is 0 Å². The highest BCUT2D eigenvalue weighted by molar-refractivity contribution is 6.08. The van der Waals surface area contributed by atoms with Gasteiger partial charge in [0.05, 0.1) is 46.5 Å². The van der Waals surface area contributed by atoms with E-state index in [0.29, 0.717) is 57.4 Å². The second-order valence-corrected chi connectivity index (χ2v) is 6.31. The van der Waals surface area contributed by atoms with Crippen LogP contribution in [-0.4, -0.2) is 61.8 Å². The van der Waals surface area contributed by atoms with Gasteiger partial charge in [0.25, 0.3) is 0 Å². The molecule has 29 heavy (non-hydrogen) atoms. The summed E-state index contributed by atoms with van der Waals surface area (Å²) >= 11 is 0. The lowest BCUT2D eigenvalue weighted by Crippen LogP contribution is -2.10. The third kappa shape index (κ3) is 8.66. The monoisotopic (exact) mass is 401 g/mol. The van der Waals surface area contributed by atoms with E-state index in [0.717, 1.165) is 24.1 Å². The highest BCUT2D eigenvalue weighted by atomic mass is 16.6. The van der Waals surface area contributed by atoms with Crippen molar-refractivity contribution in [3.63, 3.8) is 0 Å². The molecule has 2 rings (SSSR count). The first-order chi connectivity index (χ1) is 14.1. The van der Waals surface area contributed by atoms with E-state index < -0.39 is 5.97 Å². The molecule has 1 aromatic carbocycles. The average molecular weight is 401 g/mol. The molecular formula is C20H28BN3O5. The normalized spacial score (nSPS) is 10.8. The van der Waals surface area contributed by atoms with Crippen LogP contribution in [-0.2, 0) is 33.6 Å². The van der Waals surface area contributed by atoms with Gasteiger partial charge < -0.3 is 18.9 Å². The van der Waals surface area contributed by atoms with Crippen LogP contribution in [0.25, 0.3) is 0 Å². The Bertz CT molecular complexity index is 753. The van der Waals surface area contributed by atoms with Gasteiger partial charge in [-0.2, -0.15) is 0 Å². The summed E-state index contributed by atoms with van der Waals surface area (Å²) in [6, 6.07) is 5.30. The summed E-state index contributed by atoms with van der Waals surface area (Å²) in [5, 5.41) is 8.26. The Labute approximate surface area is 172 Å². The van der Waals surface area contributed by atoms with Gasteiger partial charge >= 0.3 is 5.97 Å². The summed E-state index contributed by atoms with van der Waals surface area (Å²) in [6.07, 6.45) is 3.76. The van der Waals surface area contributed by atoms with E-state index in [1.165, 1.54) is 6.92 Å². The van der Waals surface area contributed by atoms with Crippen molar-refractivity contribution in [1.29, 1.82) is 0 Å². The molecule has 0 bridgehead atoms. The van der Waals surface area contributed by atoms with Crippen molar-refractivity contribution in [2.45, 2.75) is 39.6 Å².